The van der Waals surface area contributed by atoms with Crippen LogP contribution in [0.25, 0.3) is 0 Å². The van der Waals surface area contributed by atoms with E-state index in [1.54, 1.807) is 23.2 Å². The van der Waals surface area contributed by atoms with Gasteiger partial charge >= 0.3 is 5.97 Å². The Hall–Kier alpha value is -1.01. The molecule has 1 amide bonds. The molecule has 0 saturated heterocycles. The first-order valence-corrected chi connectivity index (χ1v) is 8.13. The van der Waals surface area contributed by atoms with E-state index in [-0.39, 0.29) is 18.4 Å². The first kappa shape index (κ1) is 16.0. The minimum atomic E-state index is -0.342. The van der Waals surface area contributed by atoms with Crippen molar-refractivity contribution in [3.63, 3.8) is 0 Å². The molecule has 19 heavy (non-hydrogen) atoms. The Balaban J connectivity index is 2.45. The number of rotatable bonds is 8. The topological polar surface area (TPSA) is 46.6 Å². The van der Waals surface area contributed by atoms with Gasteiger partial charge in [-0.2, -0.15) is 0 Å². The molecule has 1 aromatic rings. The molecule has 106 valence electrons. The third kappa shape index (κ3) is 6.11. The molecule has 0 unspecified atom stereocenters. The maximum Gasteiger partial charge on any atom is 0.325 e. The summed E-state index contributed by atoms with van der Waals surface area (Å²) in [4.78, 5) is 25.1. The third-order valence-corrected chi connectivity index (χ3v) is 4.42. The Morgan fingerprint density at radius 2 is 2.21 bits per heavy atom. The molecule has 0 atom stereocenters. The van der Waals surface area contributed by atoms with Crippen LogP contribution in [0.5, 0.6) is 0 Å². The molecule has 0 fully saturated rings. The Morgan fingerprint density at radius 3 is 2.79 bits per heavy atom. The van der Waals surface area contributed by atoms with Crippen LogP contribution in [-0.4, -0.2) is 42.2 Å². The lowest BCUT2D eigenvalue weighted by molar-refractivity contribution is -0.148. The number of amides is 1. The third-order valence-electron chi connectivity index (χ3n) is 2.30. The lowest BCUT2D eigenvalue weighted by Crippen LogP contribution is -2.38. The molecule has 0 bridgehead atoms. The Labute approximate surface area is 122 Å². The zero-order chi connectivity index (χ0) is 14.1. The molecule has 0 aromatic carbocycles. The lowest BCUT2D eigenvalue weighted by Gasteiger charge is -2.20. The zero-order valence-electron chi connectivity index (χ0n) is 11.3. The quantitative estimate of drug-likeness (QED) is 0.547. The Bertz CT molecular complexity index is 393. The van der Waals surface area contributed by atoms with Crippen LogP contribution < -0.4 is 0 Å². The van der Waals surface area contributed by atoms with E-state index in [9.17, 15) is 9.59 Å². The molecule has 0 aliphatic heterocycles. The van der Waals surface area contributed by atoms with Crippen LogP contribution >= 0.6 is 23.1 Å². The van der Waals surface area contributed by atoms with Gasteiger partial charge in [0, 0.05) is 6.54 Å². The fraction of sp³-hybridized carbons (Fsp3) is 0.538. The van der Waals surface area contributed by atoms with Crippen molar-refractivity contribution >= 4 is 35.0 Å². The van der Waals surface area contributed by atoms with Crippen molar-refractivity contribution in [2.45, 2.75) is 24.5 Å². The highest BCUT2D eigenvalue weighted by Crippen LogP contribution is 2.23. The van der Waals surface area contributed by atoms with E-state index in [1.165, 1.54) is 11.8 Å². The summed E-state index contributed by atoms with van der Waals surface area (Å²) >= 11 is 3.12. The maximum absolute atomic E-state index is 12.1. The number of nitrogens with zero attached hydrogens (tertiary/aromatic N) is 1. The molecule has 1 heterocycles. The average Bonchev–Trinajstić information content (AvgIpc) is 2.89. The van der Waals surface area contributed by atoms with Crippen LogP contribution in [0.1, 0.15) is 20.3 Å². The van der Waals surface area contributed by atoms with Gasteiger partial charge in [-0.05, 0) is 24.8 Å². The molecular formula is C13H19NO3S2. The number of carbonyl (C=O) groups is 2. The maximum atomic E-state index is 12.1. The largest absolute Gasteiger partial charge is 0.465 e. The molecule has 1 aromatic heterocycles. The zero-order valence-corrected chi connectivity index (χ0v) is 12.9. The molecule has 0 radical (unpaired) electrons. The molecule has 0 saturated carbocycles. The van der Waals surface area contributed by atoms with Gasteiger partial charge in [0.25, 0.3) is 0 Å². The summed E-state index contributed by atoms with van der Waals surface area (Å²) in [6.45, 7) is 4.72. The van der Waals surface area contributed by atoms with Gasteiger partial charge in [0.1, 0.15) is 6.54 Å². The van der Waals surface area contributed by atoms with Gasteiger partial charge in [0.05, 0.1) is 16.6 Å². The Morgan fingerprint density at radius 1 is 1.42 bits per heavy atom. The van der Waals surface area contributed by atoms with Gasteiger partial charge in [0.15, 0.2) is 0 Å². The number of esters is 1. The summed E-state index contributed by atoms with van der Waals surface area (Å²) < 4.78 is 5.99. The van der Waals surface area contributed by atoms with E-state index >= 15 is 0 Å². The van der Waals surface area contributed by atoms with Gasteiger partial charge < -0.3 is 9.64 Å². The van der Waals surface area contributed by atoms with Crippen LogP contribution in [0.15, 0.2) is 21.7 Å². The molecule has 0 aliphatic carbocycles. The van der Waals surface area contributed by atoms with Crippen molar-refractivity contribution in [1.29, 1.82) is 0 Å². The van der Waals surface area contributed by atoms with Gasteiger partial charge in [-0.15, -0.1) is 23.1 Å². The van der Waals surface area contributed by atoms with Crippen LogP contribution in [0.2, 0.25) is 0 Å². The minimum absolute atomic E-state index is 0.0201. The summed E-state index contributed by atoms with van der Waals surface area (Å²) in [6.07, 6.45) is 0.828. The molecule has 0 N–H and O–H groups in total. The monoisotopic (exact) mass is 301 g/mol. The summed E-state index contributed by atoms with van der Waals surface area (Å²) in [6, 6.07) is 3.94. The fourth-order valence-corrected chi connectivity index (χ4v) is 3.18. The van der Waals surface area contributed by atoms with E-state index in [4.69, 9.17) is 4.74 Å². The highest BCUT2D eigenvalue weighted by atomic mass is 32.2. The van der Waals surface area contributed by atoms with Crippen LogP contribution in [-0.2, 0) is 14.3 Å². The SMILES string of the molecule is CCCN(CC(=O)OCC)C(=O)CSc1cccs1. The average molecular weight is 301 g/mol. The van der Waals surface area contributed by atoms with Crippen LogP contribution in [0.4, 0.5) is 0 Å². The molecule has 4 nitrogen and oxygen atoms in total. The summed E-state index contributed by atoms with van der Waals surface area (Å²) in [5, 5.41) is 1.98. The van der Waals surface area contributed by atoms with Crippen molar-refractivity contribution in [3.8, 4) is 0 Å². The summed E-state index contributed by atoms with van der Waals surface area (Å²) in [7, 11) is 0. The summed E-state index contributed by atoms with van der Waals surface area (Å²) in [5.41, 5.74) is 0. The van der Waals surface area contributed by atoms with E-state index in [2.05, 4.69) is 0 Å². The van der Waals surface area contributed by atoms with Crippen molar-refractivity contribution in [2.24, 2.45) is 0 Å². The van der Waals surface area contributed by atoms with Crippen LogP contribution in [0, 0.1) is 0 Å². The highest BCUT2D eigenvalue weighted by molar-refractivity contribution is 8.01. The van der Waals surface area contributed by atoms with Crippen molar-refractivity contribution in [3.05, 3.63) is 17.5 Å². The van der Waals surface area contributed by atoms with Crippen molar-refractivity contribution in [2.75, 3.05) is 25.4 Å². The standard InChI is InChI=1S/C13H19NO3S2/c1-3-7-14(9-12(16)17-4-2)11(15)10-19-13-6-5-8-18-13/h5-6,8H,3-4,7,9-10H2,1-2H3. The van der Waals surface area contributed by atoms with Gasteiger partial charge in [-0.25, -0.2) is 0 Å². The second-order valence-corrected chi connectivity index (χ2v) is 6.06. The normalized spacial score (nSPS) is 10.2. The fourth-order valence-electron chi connectivity index (χ4n) is 1.49. The highest BCUT2D eigenvalue weighted by Gasteiger charge is 2.17. The van der Waals surface area contributed by atoms with Crippen molar-refractivity contribution < 1.29 is 14.3 Å². The van der Waals surface area contributed by atoms with Gasteiger partial charge in [-0.3, -0.25) is 9.59 Å². The Kier molecular flexibility index (Phi) is 7.59. The van der Waals surface area contributed by atoms with E-state index in [0.29, 0.717) is 18.9 Å². The second-order valence-electron chi connectivity index (χ2n) is 3.84. The predicted molar refractivity (Wildman–Crippen MR) is 78.5 cm³/mol. The van der Waals surface area contributed by atoms with Gasteiger partial charge in [-0.1, -0.05) is 13.0 Å². The molecular weight excluding hydrogens is 282 g/mol. The molecule has 0 aliphatic rings. The number of hydrogen-bond donors (Lipinski definition) is 0. The first-order valence-electron chi connectivity index (χ1n) is 6.27. The smallest absolute Gasteiger partial charge is 0.325 e. The minimum Gasteiger partial charge on any atom is -0.465 e. The lowest BCUT2D eigenvalue weighted by atomic mass is 10.4. The second kappa shape index (κ2) is 8.98. The van der Waals surface area contributed by atoms with E-state index in [1.807, 2.05) is 24.4 Å². The number of thiophene rings is 1. The molecule has 6 heteroatoms. The van der Waals surface area contributed by atoms with Crippen LogP contribution in [0.3, 0.4) is 0 Å². The molecule has 1 rings (SSSR count). The summed E-state index contributed by atoms with van der Waals surface area (Å²) in [5.74, 6) is -0.00126. The predicted octanol–water partition coefficient (Wildman–Crippen LogP) is 2.64. The number of carbonyl (C=O) groups excluding carboxylic acids is 2. The van der Waals surface area contributed by atoms with Crippen molar-refractivity contribution in [1.82, 2.24) is 4.90 Å². The number of ether oxygens (including phenoxy) is 1. The number of hydrogen-bond acceptors (Lipinski definition) is 5. The number of thioether (sulfide) groups is 1. The van der Waals surface area contributed by atoms with E-state index in [0.717, 1.165) is 10.6 Å². The molecule has 0 spiro atoms. The first-order chi connectivity index (χ1) is 9.17. The van der Waals surface area contributed by atoms with E-state index < -0.39 is 0 Å². The van der Waals surface area contributed by atoms with Gasteiger partial charge in [0.2, 0.25) is 5.91 Å².